The standard InChI is InChI=1S/C32H41N5O3/c1-22-7-13-26(14-8-22)37-29(21-28(35-37)32(2,3)4)34-31(39)33-25-11-9-23(10-12-25)20-24-15-17-36(18-16-24)30(38)27-6-5-19-40-27/h7-14,21,24,27H,5-6,15-20H2,1-4H3,(H2,33,34,39). The van der Waals surface area contributed by atoms with Crippen molar-refractivity contribution in [3.8, 4) is 5.69 Å². The van der Waals surface area contributed by atoms with Gasteiger partial charge in [-0.3, -0.25) is 10.1 Å². The Kier molecular flexibility index (Phi) is 8.26. The summed E-state index contributed by atoms with van der Waals surface area (Å²) in [6, 6.07) is 17.7. The van der Waals surface area contributed by atoms with E-state index in [0.29, 0.717) is 18.3 Å². The van der Waals surface area contributed by atoms with Crippen LogP contribution >= 0.6 is 0 Å². The second-order valence-electron chi connectivity index (χ2n) is 12.2. The lowest BCUT2D eigenvalue weighted by molar-refractivity contribution is -0.142. The summed E-state index contributed by atoms with van der Waals surface area (Å²) in [6.45, 7) is 10.7. The van der Waals surface area contributed by atoms with Crippen LogP contribution in [0.15, 0.2) is 54.6 Å². The quantitative estimate of drug-likeness (QED) is 0.394. The first-order chi connectivity index (χ1) is 19.2. The number of nitrogens with one attached hydrogen (secondary N) is 2. The van der Waals surface area contributed by atoms with Gasteiger partial charge in [-0.25, -0.2) is 9.48 Å². The number of anilines is 2. The van der Waals surface area contributed by atoms with Crippen LogP contribution in [0.5, 0.6) is 0 Å². The number of ether oxygens (including phenoxy) is 1. The zero-order chi connectivity index (χ0) is 28.3. The highest BCUT2D eigenvalue weighted by molar-refractivity contribution is 5.99. The number of carbonyl (C=O) groups excluding carboxylic acids is 2. The van der Waals surface area contributed by atoms with Gasteiger partial charge in [0.05, 0.1) is 11.4 Å². The van der Waals surface area contributed by atoms with Crippen molar-refractivity contribution in [2.75, 3.05) is 30.3 Å². The van der Waals surface area contributed by atoms with Crippen molar-refractivity contribution >= 4 is 23.4 Å². The molecule has 212 valence electrons. The Balaban J connectivity index is 1.16. The van der Waals surface area contributed by atoms with Crippen molar-refractivity contribution < 1.29 is 14.3 Å². The molecular weight excluding hydrogens is 502 g/mol. The SMILES string of the molecule is Cc1ccc(-n2nc(C(C)(C)C)cc2NC(=O)Nc2ccc(CC3CCN(C(=O)C4CCCO4)CC3)cc2)cc1. The van der Waals surface area contributed by atoms with Gasteiger partial charge in [-0.15, -0.1) is 0 Å². The van der Waals surface area contributed by atoms with Gasteiger partial charge in [0.25, 0.3) is 5.91 Å². The number of amides is 3. The fourth-order valence-corrected chi connectivity index (χ4v) is 5.39. The average molecular weight is 544 g/mol. The molecule has 2 N–H and O–H groups in total. The summed E-state index contributed by atoms with van der Waals surface area (Å²) in [5.74, 6) is 1.34. The lowest BCUT2D eigenvalue weighted by Crippen LogP contribution is -2.44. The predicted octanol–water partition coefficient (Wildman–Crippen LogP) is 6.08. The molecule has 2 aromatic carbocycles. The molecule has 0 bridgehead atoms. The maximum Gasteiger partial charge on any atom is 0.324 e. The summed E-state index contributed by atoms with van der Waals surface area (Å²) in [6.07, 6.45) is 4.59. The van der Waals surface area contributed by atoms with Crippen LogP contribution in [0.2, 0.25) is 0 Å². The van der Waals surface area contributed by atoms with E-state index in [0.717, 1.165) is 67.8 Å². The highest BCUT2D eigenvalue weighted by Gasteiger charge is 2.31. The van der Waals surface area contributed by atoms with Gasteiger partial charge >= 0.3 is 6.03 Å². The Labute approximate surface area is 237 Å². The maximum atomic E-state index is 13.0. The summed E-state index contributed by atoms with van der Waals surface area (Å²) in [5.41, 5.74) is 4.77. The lowest BCUT2D eigenvalue weighted by Gasteiger charge is -2.33. The summed E-state index contributed by atoms with van der Waals surface area (Å²) >= 11 is 0. The van der Waals surface area contributed by atoms with Crippen molar-refractivity contribution in [2.24, 2.45) is 5.92 Å². The van der Waals surface area contributed by atoms with Crippen LogP contribution in [0.25, 0.3) is 5.69 Å². The van der Waals surface area contributed by atoms with Crippen LogP contribution < -0.4 is 10.6 Å². The van der Waals surface area contributed by atoms with Gasteiger partial charge < -0.3 is 15.0 Å². The van der Waals surface area contributed by atoms with Crippen LogP contribution in [0.1, 0.15) is 63.3 Å². The molecule has 3 heterocycles. The number of benzene rings is 2. The number of piperidine rings is 1. The monoisotopic (exact) mass is 543 g/mol. The molecule has 3 amide bonds. The molecule has 1 aromatic heterocycles. The molecule has 2 fully saturated rings. The second kappa shape index (κ2) is 11.8. The molecule has 0 saturated carbocycles. The van der Waals surface area contributed by atoms with Crippen molar-refractivity contribution in [3.63, 3.8) is 0 Å². The number of rotatable bonds is 6. The van der Waals surface area contributed by atoms with Gasteiger partial charge in [0.15, 0.2) is 0 Å². The third-order valence-electron chi connectivity index (χ3n) is 7.87. The van der Waals surface area contributed by atoms with Gasteiger partial charge in [0.2, 0.25) is 0 Å². The topological polar surface area (TPSA) is 88.5 Å². The molecule has 2 aliphatic heterocycles. The smallest absolute Gasteiger partial charge is 0.324 e. The molecule has 0 aliphatic carbocycles. The van der Waals surface area contributed by atoms with E-state index in [9.17, 15) is 9.59 Å². The largest absolute Gasteiger partial charge is 0.368 e. The van der Waals surface area contributed by atoms with Crippen LogP contribution in [0, 0.1) is 12.8 Å². The molecule has 1 atom stereocenters. The Bertz CT molecular complexity index is 1310. The molecule has 0 radical (unpaired) electrons. The fourth-order valence-electron chi connectivity index (χ4n) is 5.39. The van der Waals surface area contributed by atoms with Crippen LogP contribution in [0.3, 0.4) is 0 Å². The molecule has 5 rings (SSSR count). The number of hydrogen-bond acceptors (Lipinski definition) is 4. The van der Waals surface area contributed by atoms with E-state index in [1.807, 2.05) is 54.3 Å². The minimum absolute atomic E-state index is 0.158. The number of likely N-dealkylation sites (tertiary alicyclic amines) is 1. The number of aryl methyl sites for hydroxylation is 1. The third kappa shape index (κ3) is 6.73. The summed E-state index contributed by atoms with van der Waals surface area (Å²) in [5, 5.41) is 10.7. The van der Waals surface area contributed by atoms with Gasteiger partial charge in [0, 0.05) is 36.9 Å². The van der Waals surface area contributed by atoms with E-state index >= 15 is 0 Å². The predicted molar refractivity (Wildman–Crippen MR) is 158 cm³/mol. The number of hydrogen-bond donors (Lipinski definition) is 2. The molecule has 1 unspecified atom stereocenters. The minimum Gasteiger partial charge on any atom is -0.368 e. The van der Waals surface area contributed by atoms with E-state index in [1.165, 1.54) is 5.56 Å². The van der Waals surface area contributed by atoms with Gasteiger partial charge in [-0.05, 0) is 74.8 Å². The van der Waals surface area contributed by atoms with E-state index in [1.54, 1.807) is 4.68 Å². The zero-order valence-corrected chi connectivity index (χ0v) is 24.1. The average Bonchev–Trinajstić information content (AvgIpc) is 3.61. The van der Waals surface area contributed by atoms with Crippen molar-refractivity contribution in [1.29, 1.82) is 0 Å². The number of aromatic nitrogens is 2. The summed E-state index contributed by atoms with van der Waals surface area (Å²) < 4.78 is 7.36. The first-order valence-electron chi connectivity index (χ1n) is 14.4. The van der Waals surface area contributed by atoms with Crippen LogP contribution in [0.4, 0.5) is 16.3 Å². The van der Waals surface area contributed by atoms with Gasteiger partial charge in [0.1, 0.15) is 11.9 Å². The highest BCUT2D eigenvalue weighted by Crippen LogP contribution is 2.27. The minimum atomic E-state index is -0.315. The normalized spacial score (nSPS) is 18.1. The third-order valence-corrected chi connectivity index (χ3v) is 7.87. The highest BCUT2D eigenvalue weighted by atomic mass is 16.5. The van der Waals surface area contributed by atoms with Crippen LogP contribution in [-0.4, -0.2) is 52.4 Å². The van der Waals surface area contributed by atoms with E-state index < -0.39 is 0 Å². The van der Waals surface area contributed by atoms with Crippen LogP contribution in [-0.2, 0) is 21.4 Å². The molecule has 8 nitrogen and oxygen atoms in total. The molecule has 2 aliphatic rings. The van der Waals surface area contributed by atoms with E-state index in [4.69, 9.17) is 9.84 Å². The molecule has 2 saturated heterocycles. The number of carbonyl (C=O) groups is 2. The second-order valence-corrected chi connectivity index (χ2v) is 12.2. The number of urea groups is 1. The number of nitrogens with zero attached hydrogens (tertiary/aromatic N) is 3. The first-order valence-corrected chi connectivity index (χ1v) is 14.4. The zero-order valence-electron chi connectivity index (χ0n) is 24.1. The molecule has 40 heavy (non-hydrogen) atoms. The Morgan fingerprint density at radius 3 is 2.30 bits per heavy atom. The summed E-state index contributed by atoms with van der Waals surface area (Å²) in [4.78, 5) is 27.5. The van der Waals surface area contributed by atoms with E-state index in [-0.39, 0.29) is 23.5 Å². The lowest BCUT2D eigenvalue weighted by atomic mass is 9.90. The van der Waals surface area contributed by atoms with Gasteiger partial charge in [-0.2, -0.15) is 5.10 Å². The maximum absolute atomic E-state index is 13.0. The van der Waals surface area contributed by atoms with Crippen molar-refractivity contribution in [3.05, 3.63) is 71.4 Å². The fraction of sp³-hybridized carbons (Fsp3) is 0.469. The first kappa shape index (κ1) is 27.9. The Hall–Kier alpha value is -3.65. The Morgan fingerprint density at radius 2 is 1.68 bits per heavy atom. The molecule has 8 heteroatoms. The van der Waals surface area contributed by atoms with Crippen molar-refractivity contribution in [1.82, 2.24) is 14.7 Å². The van der Waals surface area contributed by atoms with E-state index in [2.05, 4.69) is 43.5 Å². The summed E-state index contributed by atoms with van der Waals surface area (Å²) in [7, 11) is 0. The molecular formula is C32H41N5O3. The van der Waals surface area contributed by atoms with Gasteiger partial charge in [-0.1, -0.05) is 50.6 Å². The molecule has 0 spiro atoms. The molecule has 3 aromatic rings. The Morgan fingerprint density at radius 1 is 0.975 bits per heavy atom. The van der Waals surface area contributed by atoms with Crippen molar-refractivity contribution in [2.45, 2.75) is 71.3 Å².